The summed E-state index contributed by atoms with van der Waals surface area (Å²) < 4.78 is 10.2. The summed E-state index contributed by atoms with van der Waals surface area (Å²) >= 11 is 0. The van der Waals surface area contributed by atoms with Gasteiger partial charge in [0.2, 0.25) is 0 Å². The average molecular weight is 360 g/mol. The molecule has 0 aromatic carbocycles. The summed E-state index contributed by atoms with van der Waals surface area (Å²) in [5.74, 6) is -2.13. The lowest BCUT2D eigenvalue weighted by atomic mass is 10.0. The van der Waals surface area contributed by atoms with Gasteiger partial charge in [0.15, 0.2) is 5.76 Å². The highest BCUT2D eigenvalue weighted by Crippen LogP contribution is 2.10. The molecule has 0 radical (unpaired) electrons. The summed E-state index contributed by atoms with van der Waals surface area (Å²) in [5, 5.41) is 14.1. The highest BCUT2D eigenvalue weighted by molar-refractivity contribution is 6.05. The van der Waals surface area contributed by atoms with E-state index in [1.54, 1.807) is 12.1 Å². The molecule has 0 bridgehead atoms. The number of carbonyl (C=O) groups excluding carboxylic acids is 2. The van der Waals surface area contributed by atoms with Gasteiger partial charge in [0, 0.05) is 6.08 Å². The lowest BCUT2D eigenvalue weighted by Crippen LogP contribution is -2.44. The van der Waals surface area contributed by atoms with Crippen molar-refractivity contribution in [1.82, 2.24) is 10.6 Å². The number of aliphatic carboxylic acids is 1. The van der Waals surface area contributed by atoms with Crippen LogP contribution in [0.1, 0.15) is 36.6 Å². The third kappa shape index (κ3) is 5.37. The van der Waals surface area contributed by atoms with Crippen molar-refractivity contribution in [3.63, 3.8) is 0 Å². The number of carbonyl (C=O) groups is 3. The van der Waals surface area contributed by atoms with Crippen LogP contribution in [0, 0.1) is 5.92 Å². The molecule has 2 aromatic rings. The van der Waals surface area contributed by atoms with Crippen LogP contribution in [0.3, 0.4) is 0 Å². The molecule has 0 saturated heterocycles. The molecular formula is C18H20N2O6. The van der Waals surface area contributed by atoms with Crippen molar-refractivity contribution in [3.05, 3.63) is 54.0 Å². The Kier molecular flexibility index (Phi) is 6.37. The molecule has 3 N–H and O–H groups in total. The van der Waals surface area contributed by atoms with E-state index in [1.165, 1.54) is 30.7 Å². The highest BCUT2D eigenvalue weighted by atomic mass is 16.4. The van der Waals surface area contributed by atoms with Crippen LogP contribution in [0.4, 0.5) is 0 Å². The van der Waals surface area contributed by atoms with Gasteiger partial charge in [0.25, 0.3) is 11.8 Å². The minimum absolute atomic E-state index is 0.0140. The van der Waals surface area contributed by atoms with E-state index >= 15 is 0 Å². The Bertz CT molecular complexity index is 775. The van der Waals surface area contributed by atoms with Gasteiger partial charge in [0.1, 0.15) is 17.5 Å². The van der Waals surface area contributed by atoms with E-state index in [-0.39, 0.29) is 23.8 Å². The summed E-state index contributed by atoms with van der Waals surface area (Å²) in [6, 6.07) is 5.11. The maximum atomic E-state index is 12.5. The van der Waals surface area contributed by atoms with Gasteiger partial charge < -0.3 is 24.6 Å². The van der Waals surface area contributed by atoms with Gasteiger partial charge in [-0.2, -0.15) is 0 Å². The smallest absolute Gasteiger partial charge is 0.326 e. The average Bonchev–Trinajstić information content (AvgIpc) is 3.26. The number of carboxylic acid groups (broad SMARTS) is 1. The molecule has 1 unspecified atom stereocenters. The molecule has 0 saturated carbocycles. The molecule has 0 fully saturated rings. The minimum Gasteiger partial charge on any atom is -0.480 e. The van der Waals surface area contributed by atoms with E-state index in [0.29, 0.717) is 5.76 Å². The topological polar surface area (TPSA) is 122 Å². The van der Waals surface area contributed by atoms with Gasteiger partial charge in [-0.15, -0.1) is 0 Å². The maximum absolute atomic E-state index is 12.5. The lowest BCUT2D eigenvalue weighted by Gasteiger charge is -2.17. The van der Waals surface area contributed by atoms with E-state index in [4.69, 9.17) is 8.83 Å². The van der Waals surface area contributed by atoms with Crippen molar-refractivity contribution in [2.75, 3.05) is 0 Å². The zero-order valence-corrected chi connectivity index (χ0v) is 14.4. The first-order valence-corrected chi connectivity index (χ1v) is 8.00. The summed E-state index contributed by atoms with van der Waals surface area (Å²) in [6.45, 7) is 3.70. The first-order chi connectivity index (χ1) is 12.4. The molecule has 2 rings (SSSR count). The zero-order valence-electron chi connectivity index (χ0n) is 14.4. The van der Waals surface area contributed by atoms with Crippen molar-refractivity contribution < 1.29 is 28.3 Å². The Morgan fingerprint density at radius 3 is 2.38 bits per heavy atom. The lowest BCUT2D eigenvalue weighted by molar-refractivity contribution is -0.141. The van der Waals surface area contributed by atoms with Crippen molar-refractivity contribution in [2.24, 2.45) is 5.92 Å². The van der Waals surface area contributed by atoms with E-state index in [2.05, 4.69) is 10.6 Å². The Labute approximate surface area is 149 Å². The molecule has 26 heavy (non-hydrogen) atoms. The van der Waals surface area contributed by atoms with Crippen molar-refractivity contribution in [2.45, 2.75) is 26.3 Å². The number of furan rings is 2. The fraction of sp³-hybridized carbons (Fsp3) is 0.278. The molecule has 0 aliphatic carbocycles. The normalized spacial score (nSPS) is 12.7. The molecule has 138 valence electrons. The van der Waals surface area contributed by atoms with Crippen LogP contribution in [0.15, 0.2) is 51.3 Å². The zero-order chi connectivity index (χ0) is 19.1. The Balaban J connectivity index is 2.21. The second-order valence-corrected chi connectivity index (χ2v) is 6.00. The third-order valence-electron chi connectivity index (χ3n) is 3.38. The number of amides is 2. The summed E-state index contributed by atoms with van der Waals surface area (Å²) in [7, 11) is 0. The molecule has 0 spiro atoms. The first-order valence-electron chi connectivity index (χ1n) is 8.00. The molecule has 8 heteroatoms. The first kappa shape index (κ1) is 19.0. The second-order valence-electron chi connectivity index (χ2n) is 6.00. The Morgan fingerprint density at radius 2 is 1.85 bits per heavy atom. The molecule has 2 heterocycles. The fourth-order valence-electron chi connectivity index (χ4n) is 2.19. The van der Waals surface area contributed by atoms with Crippen LogP contribution in [0.25, 0.3) is 6.08 Å². The number of rotatable bonds is 8. The van der Waals surface area contributed by atoms with Crippen LogP contribution in [0.5, 0.6) is 0 Å². The summed E-state index contributed by atoms with van der Waals surface area (Å²) in [6.07, 6.45) is 4.30. The molecule has 1 atom stereocenters. The number of carboxylic acids is 1. The van der Waals surface area contributed by atoms with E-state index in [9.17, 15) is 19.5 Å². The predicted molar refractivity (Wildman–Crippen MR) is 91.9 cm³/mol. The standard InChI is InChI=1S/C18H20N2O6/c1-11(2)9-14(18(23)24)20-16(21)13(10-12-5-3-7-25-12)19-17(22)15-6-4-8-26-15/h3-8,10-11,14H,9H2,1-2H3,(H,19,22)(H,20,21)(H,23,24). The quantitative estimate of drug-likeness (QED) is 0.621. The van der Waals surface area contributed by atoms with Gasteiger partial charge in [-0.1, -0.05) is 13.8 Å². The van der Waals surface area contributed by atoms with Gasteiger partial charge in [-0.25, -0.2) is 4.79 Å². The van der Waals surface area contributed by atoms with Gasteiger partial charge in [-0.05, 0) is 36.6 Å². The predicted octanol–water partition coefficient (Wildman–Crippen LogP) is 2.26. The van der Waals surface area contributed by atoms with E-state index in [0.717, 1.165) is 0 Å². The molecule has 0 aliphatic rings. The molecular weight excluding hydrogens is 340 g/mol. The molecule has 2 aromatic heterocycles. The van der Waals surface area contributed by atoms with Crippen LogP contribution in [0.2, 0.25) is 0 Å². The van der Waals surface area contributed by atoms with Crippen molar-refractivity contribution in [1.29, 1.82) is 0 Å². The molecule has 8 nitrogen and oxygen atoms in total. The van der Waals surface area contributed by atoms with E-state index < -0.39 is 23.8 Å². The largest absolute Gasteiger partial charge is 0.480 e. The van der Waals surface area contributed by atoms with Gasteiger partial charge >= 0.3 is 5.97 Å². The van der Waals surface area contributed by atoms with E-state index in [1.807, 2.05) is 13.8 Å². The van der Waals surface area contributed by atoms with Crippen LogP contribution in [-0.4, -0.2) is 28.9 Å². The van der Waals surface area contributed by atoms with Crippen LogP contribution >= 0.6 is 0 Å². The monoisotopic (exact) mass is 360 g/mol. The maximum Gasteiger partial charge on any atom is 0.326 e. The van der Waals surface area contributed by atoms with Crippen molar-refractivity contribution >= 4 is 23.9 Å². The second kappa shape index (κ2) is 8.70. The summed E-state index contributed by atoms with van der Waals surface area (Å²) in [4.78, 5) is 36.1. The van der Waals surface area contributed by atoms with Crippen LogP contribution < -0.4 is 10.6 Å². The fourth-order valence-corrected chi connectivity index (χ4v) is 2.19. The number of nitrogens with one attached hydrogen (secondary N) is 2. The van der Waals surface area contributed by atoms with Crippen molar-refractivity contribution in [3.8, 4) is 0 Å². The molecule has 2 amide bonds. The summed E-state index contributed by atoms with van der Waals surface area (Å²) in [5.41, 5.74) is -0.156. The highest BCUT2D eigenvalue weighted by Gasteiger charge is 2.24. The molecule has 0 aliphatic heterocycles. The van der Waals surface area contributed by atoms with Gasteiger partial charge in [-0.3, -0.25) is 9.59 Å². The van der Waals surface area contributed by atoms with Gasteiger partial charge in [0.05, 0.1) is 12.5 Å². The third-order valence-corrected chi connectivity index (χ3v) is 3.38. The minimum atomic E-state index is -1.15. The number of hydrogen-bond acceptors (Lipinski definition) is 5. The SMILES string of the molecule is CC(C)CC(NC(=O)C(=Cc1ccco1)NC(=O)c1ccco1)C(=O)O. The Morgan fingerprint density at radius 1 is 1.15 bits per heavy atom. The number of hydrogen-bond donors (Lipinski definition) is 3. The Hall–Kier alpha value is -3.29. The van der Waals surface area contributed by atoms with Crippen LogP contribution in [-0.2, 0) is 9.59 Å².